The van der Waals surface area contributed by atoms with E-state index in [1.54, 1.807) is 0 Å². The van der Waals surface area contributed by atoms with Crippen molar-refractivity contribution >= 4 is 0 Å². The van der Waals surface area contributed by atoms with Crippen molar-refractivity contribution < 1.29 is 22.2 Å². The molecule has 0 N–H and O–H groups in total. The van der Waals surface area contributed by atoms with Crippen LogP contribution in [0.15, 0.2) is 17.4 Å². The van der Waals surface area contributed by atoms with Crippen LogP contribution in [0.4, 0.5) is 13.2 Å². The number of rotatable bonds is 1. The second kappa shape index (κ2) is 2.66. The van der Waals surface area contributed by atoms with Crippen molar-refractivity contribution in [1.29, 1.82) is 0 Å². The molecule has 0 amide bonds. The SMILES string of the molecule is COc1cncc2[n+]1=C(C(F)(F)F)N=2. The predicted octanol–water partition coefficient (Wildman–Crippen LogP) is -0.0892. The summed E-state index contributed by atoms with van der Waals surface area (Å²) in [4.78, 5) is 6.94. The second-order valence-electron chi connectivity index (χ2n) is 2.58. The molecule has 4 nitrogen and oxygen atoms in total. The molecule has 1 aromatic rings. The number of aromatic nitrogens is 2. The van der Waals surface area contributed by atoms with Crippen molar-refractivity contribution in [3.05, 3.63) is 23.7 Å². The zero-order valence-electron chi connectivity index (χ0n) is 7.04. The quantitative estimate of drug-likeness (QED) is 0.600. The summed E-state index contributed by atoms with van der Waals surface area (Å²) in [6.07, 6.45) is -2.03. The largest absolute Gasteiger partial charge is 0.482 e. The van der Waals surface area contributed by atoms with Crippen LogP contribution in [0.1, 0.15) is 0 Å². The average Bonchev–Trinajstić information content (AvgIpc) is 2.03. The van der Waals surface area contributed by atoms with Gasteiger partial charge in [-0.2, -0.15) is 17.4 Å². The third-order valence-corrected chi connectivity index (χ3v) is 1.72. The molecule has 0 aromatic carbocycles. The van der Waals surface area contributed by atoms with Crippen LogP contribution in [0, 0.1) is 5.84 Å². The first-order valence-corrected chi connectivity index (χ1v) is 3.64. The van der Waals surface area contributed by atoms with Gasteiger partial charge in [-0.1, -0.05) is 4.99 Å². The van der Waals surface area contributed by atoms with Gasteiger partial charge in [-0.25, -0.2) is 0 Å². The van der Waals surface area contributed by atoms with Crippen LogP contribution in [0.2, 0.25) is 0 Å². The molecule has 0 saturated heterocycles. The first-order valence-electron chi connectivity index (χ1n) is 3.64. The third-order valence-electron chi connectivity index (χ3n) is 1.72. The molecular formula is C7H5F3N3O+. The summed E-state index contributed by atoms with van der Waals surface area (Å²) in [7, 11) is 1.27. The molecule has 0 unspecified atom stereocenters. The van der Waals surface area contributed by atoms with Gasteiger partial charge >= 0.3 is 12.0 Å². The first-order chi connectivity index (χ1) is 6.54. The third kappa shape index (κ3) is 1.12. The highest BCUT2D eigenvalue weighted by molar-refractivity contribution is 4.96. The zero-order chi connectivity index (χ0) is 10.3. The Kier molecular flexibility index (Phi) is 1.70. The first kappa shape index (κ1) is 8.92. The van der Waals surface area contributed by atoms with E-state index in [0.29, 0.717) is 0 Å². The molecule has 1 aromatic heterocycles. The van der Waals surface area contributed by atoms with Crippen molar-refractivity contribution in [1.82, 2.24) is 4.98 Å². The highest BCUT2D eigenvalue weighted by atomic mass is 19.4. The molecule has 74 valence electrons. The number of alkyl halides is 3. The maximum absolute atomic E-state index is 12.3. The molecule has 14 heavy (non-hydrogen) atoms. The van der Waals surface area contributed by atoms with Gasteiger partial charge in [-0.05, 0) is 0 Å². The molecule has 0 bridgehead atoms. The van der Waals surface area contributed by atoms with E-state index in [1.807, 2.05) is 0 Å². The van der Waals surface area contributed by atoms with E-state index in [2.05, 4.69) is 9.98 Å². The van der Waals surface area contributed by atoms with Gasteiger partial charge in [-0.3, -0.25) is 4.98 Å². The molecule has 2 heterocycles. The van der Waals surface area contributed by atoms with Gasteiger partial charge in [0.25, 0.3) is 11.4 Å². The Labute approximate surface area is 76.0 Å². The van der Waals surface area contributed by atoms with Gasteiger partial charge in [-0.15, -0.1) is 0 Å². The predicted molar refractivity (Wildman–Crippen MR) is 36.8 cm³/mol. The number of fused-ring (bicyclic) bond motifs is 1. The molecule has 1 aliphatic rings. The number of hydrogen-bond acceptors (Lipinski definition) is 3. The van der Waals surface area contributed by atoms with Crippen molar-refractivity contribution in [2.75, 3.05) is 7.11 Å². The summed E-state index contributed by atoms with van der Waals surface area (Å²) < 4.78 is 42.4. The average molecular weight is 204 g/mol. The van der Waals surface area contributed by atoms with Gasteiger partial charge in [0.2, 0.25) is 0 Å². The number of nitrogens with zero attached hydrogens (tertiary/aromatic N) is 3. The van der Waals surface area contributed by atoms with E-state index >= 15 is 0 Å². The Morgan fingerprint density at radius 3 is 2.64 bits per heavy atom. The van der Waals surface area contributed by atoms with Gasteiger partial charge in [0.15, 0.2) is 0 Å². The molecule has 0 fully saturated rings. The molecular weight excluding hydrogens is 199 g/mol. The van der Waals surface area contributed by atoms with E-state index in [0.717, 1.165) is 4.24 Å². The van der Waals surface area contributed by atoms with Crippen molar-refractivity contribution in [2.24, 2.45) is 4.99 Å². The van der Waals surface area contributed by atoms with E-state index < -0.39 is 12.0 Å². The smallest absolute Gasteiger partial charge is 0.470 e. The van der Waals surface area contributed by atoms with E-state index in [9.17, 15) is 13.2 Å². The molecule has 0 atom stereocenters. The molecule has 0 spiro atoms. The van der Waals surface area contributed by atoms with E-state index in [1.165, 1.54) is 19.5 Å². The monoisotopic (exact) mass is 204 g/mol. The summed E-state index contributed by atoms with van der Waals surface area (Å²) in [5, 5.41) is 0. The lowest BCUT2D eigenvalue weighted by molar-refractivity contribution is -0.589. The lowest BCUT2D eigenvalue weighted by atomic mass is 10.4. The van der Waals surface area contributed by atoms with Crippen molar-refractivity contribution in [3.8, 4) is 5.88 Å². The van der Waals surface area contributed by atoms with E-state index in [4.69, 9.17) is 4.74 Å². The van der Waals surface area contributed by atoms with Crippen LogP contribution in [-0.2, 0) is 0 Å². The van der Waals surface area contributed by atoms with Crippen LogP contribution < -0.4 is 14.5 Å². The zero-order valence-corrected chi connectivity index (χ0v) is 7.04. The minimum Gasteiger partial charge on any atom is -0.470 e. The standard InChI is InChI=1S/C7H5F3N3O/c1-14-5-3-11-2-4-12-6(13(4)5)7(8,9)10/h2-3H,1H3/q+1. The second-order valence-corrected chi connectivity index (χ2v) is 2.58. The number of halogens is 3. The fourth-order valence-electron chi connectivity index (χ4n) is 1.14. The topological polar surface area (TPSA) is 40.4 Å². The van der Waals surface area contributed by atoms with Crippen molar-refractivity contribution in [3.63, 3.8) is 0 Å². The number of hydrogen-bond donors (Lipinski definition) is 0. The molecule has 1 aliphatic heterocycles. The molecule has 0 aliphatic carbocycles. The summed E-state index contributed by atoms with van der Waals surface area (Å²) in [5.74, 6) is -0.962. The van der Waals surface area contributed by atoms with E-state index in [-0.39, 0.29) is 11.4 Å². The number of ether oxygens (including phenoxy) is 1. The summed E-state index contributed by atoms with van der Waals surface area (Å²) in [6.45, 7) is 0. The van der Waals surface area contributed by atoms with Gasteiger partial charge in [0.05, 0.1) is 7.11 Å². The Morgan fingerprint density at radius 2 is 2.07 bits per heavy atom. The summed E-state index contributed by atoms with van der Waals surface area (Å²) >= 11 is 0. The minimum absolute atomic E-state index is 0.0184. The fraction of sp³-hybridized carbons (Fsp3) is 0.286. The van der Waals surface area contributed by atoms with Crippen molar-refractivity contribution in [2.45, 2.75) is 6.18 Å². The van der Waals surface area contributed by atoms with Gasteiger partial charge < -0.3 is 4.74 Å². The Hall–Kier alpha value is -1.66. The Morgan fingerprint density at radius 1 is 1.36 bits per heavy atom. The summed E-state index contributed by atoms with van der Waals surface area (Å²) in [6, 6.07) is 0. The maximum atomic E-state index is 12.3. The molecule has 2 rings (SSSR count). The lowest BCUT2D eigenvalue weighted by Gasteiger charge is -2.08. The normalized spacial score (nSPS) is 14.1. The van der Waals surface area contributed by atoms with Crippen LogP contribution in [0.25, 0.3) is 0 Å². The van der Waals surface area contributed by atoms with Gasteiger partial charge in [0.1, 0.15) is 12.4 Å². The highest BCUT2D eigenvalue weighted by Gasteiger charge is 2.45. The fourth-order valence-corrected chi connectivity index (χ4v) is 1.14. The van der Waals surface area contributed by atoms with Gasteiger partial charge in [0, 0.05) is 0 Å². The van der Waals surface area contributed by atoms with Crippen LogP contribution in [0.3, 0.4) is 0 Å². The molecule has 7 heteroatoms. The van der Waals surface area contributed by atoms with Crippen LogP contribution in [-0.4, -0.2) is 18.3 Å². The number of methoxy groups -OCH3 is 1. The maximum Gasteiger partial charge on any atom is 0.482 e. The highest BCUT2D eigenvalue weighted by Crippen LogP contribution is 2.23. The minimum atomic E-state index is -4.47. The van der Waals surface area contributed by atoms with Crippen LogP contribution >= 0.6 is 0 Å². The Bertz CT molecular complexity index is 494. The van der Waals surface area contributed by atoms with Crippen LogP contribution in [0.5, 0.6) is 5.88 Å². The lowest BCUT2D eigenvalue weighted by Crippen LogP contribution is -2.53. The molecule has 0 saturated carbocycles. The Balaban J connectivity index is 2.70. The molecule has 0 radical (unpaired) electrons. The summed E-state index contributed by atoms with van der Waals surface area (Å²) in [5.41, 5.74) is 0.136.